The Balaban J connectivity index is 1.70. The first-order chi connectivity index (χ1) is 18.3. The number of rotatable bonds is 9. The standard InChI is InChI=1S/C28H36N6O4/c1-7-24(35)33-13-11-32(12-14-33)9-8-10-34-26-20(17-30-28(29-4)31-26)15-21(27(34)36)25-18(2)22(37-5)16-23(38-6)19(25)3/h7,15-17H,1,8-14H2,2-6H3,(H,29,30,31). The van der Waals surface area contributed by atoms with E-state index in [9.17, 15) is 9.59 Å². The number of nitrogens with zero attached hydrogens (tertiary/aromatic N) is 5. The van der Waals surface area contributed by atoms with Crippen LogP contribution in [0, 0.1) is 13.8 Å². The second kappa shape index (κ2) is 11.6. The Hall–Kier alpha value is -3.92. The highest BCUT2D eigenvalue weighted by molar-refractivity contribution is 5.87. The molecule has 2 aromatic heterocycles. The number of fused-ring (bicyclic) bond motifs is 1. The molecular weight excluding hydrogens is 484 g/mol. The summed E-state index contributed by atoms with van der Waals surface area (Å²) in [6, 6.07) is 3.70. The molecule has 1 saturated heterocycles. The first-order valence-corrected chi connectivity index (χ1v) is 12.8. The van der Waals surface area contributed by atoms with Gasteiger partial charge in [-0.25, -0.2) is 4.98 Å². The lowest BCUT2D eigenvalue weighted by molar-refractivity contribution is -0.127. The zero-order valence-electron chi connectivity index (χ0n) is 22.8. The molecular formula is C28H36N6O4. The third-order valence-electron chi connectivity index (χ3n) is 7.23. The number of carbonyl (C=O) groups is 1. The number of aromatic nitrogens is 3. The van der Waals surface area contributed by atoms with Crippen LogP contribution in [0.1, 0.15) is 17.5 Å². The van der Waals surface area contributed by atoms with Gasteiger partial charge in [0.15, 0.2) is 0 Å². The van der Waals surface area contributed by atoms with Gasteiger partial charge in [0.05, 0.1) is 14.2 Å². The number of hydrogen-bond donors (Lipinski definition) is 1. The van der Waals surface area contributed by atoms with E-state index in [-0.39, 0.29) is 11.5 Å². The Morgan fingerprint density at radius 2 is 1.74 bits per heavy atom. The van der Waals surface area contributed by atoms with Gasteiger partial charge in [0.1, 0.15) is 17.1 Å². The number of amides is 1. The molecule has 10 nitrogen and oxygen atoms in total. The van der Waals surface area contributed by atoms with Crippen molar-refractivity contribution in [3.63, 3.8) is 0 Å². The van der Waals surface area contributed by atoms with Gasteiger partial charge in [-0.2, -0.15) is 4.98 Å². The zero-order chi connectivity index (χ0) is 27.4. The molecule has 1 fully saturated rings. The number of methoxy groups -OCH3 is 2. The van der Waals surface area contributed by atoms with Crippen molar-refractivity contribution in [2.24, 2.45) is 0 Å². The van der Waals surface area contributed by atoms with Gasteiger partial charge in [-0.05, 0) is 50.1 Å². The van der Waals surface area contributed by atoms with Crippen molar-refractivity contribution in [3.05, 3.63) is 52.5 Å². The molecule has 1 aromatic carbocycles. The number of carbonyl (C=O) groups excluding carboxylic acids is 1. The molecule has 202 valence electrons. The molecule has 0 radical (unpaired) electrons. The molecule has 0 bridgehead atoms. The van der Waals surface area contributed by atoms with Gasteiger partial charge in [0.2, 0.25) is 11.9 Å². The molecule has 4 rings (SSSR count). The van der Waals surface area contributed by atoms with Crippen LogP contribution in [0.4, 0.5) is 5.95 Å². The molecule has 0 saturated carbocycles. The van der Waals surface area contributed by atoms with E-state index in [1.54, 1.807) is 32.0 Å². The van der Waals surface area contributed by atoms with Crippen molar-refractivity contribution in [1.29, 1.82) is 0 Å². The summed E-state index contributed by atoms with van der Waals surface area (Å²) in [5.74, 6) is 1.74. The minimum Gasteiger partial charge on any atom is -0.496 e. The number of nitrogens with one attached hydrogen (secondary N) is 1. The lowest BCUT2D eigenvalue weighted by atomic mass is 9.94. The predicted molar refractivity (Wildman–Crippen MR) is 149 cm³/mol. The zero-order valence-corrected chi connectivity index (χ0v) is 22.8. The van der Waals surface area contributed by atoms with Crippen LogP contribution in [0.3, 0.4) is 0 Å². The van der Waals surface area contributed by atoms with E-state index >= 15 is 0 Å². The van der Waals surface area contributed by atoms with Crippen LogP contribution in [0.5, 0.6) is 11.5 Å². The maximum atomic E-state index is 14.1. The maximum absolute atomic E-state index is 14.1. The summed E-state index contributed by atoms with van der Waals surface area (Å²) in [5.41, 5.74) is 3.55. The number of anilines is 1. The molecule has 1 amide bonds. The van der Waals surface area contributed by atoms with Crippen LogP contribution in [-0.4, -0.2) is 84.2 Å². The van der Waals surface area contributed by atoms with Crippen LogP contribution in [0.2, 0.25) is 0 Å². The van der Waals surface area contributed by atoms with Gasteiger partial charge in [-0.15, -0.1) is 0 Å². The first-order valence-electron chi connectivity index (χ1n) is 12.8. The topological polar surface area (TPSA) is 102 Å². The third-order valence-corrected chi connectivity index (χ3v) is 7.23. The largest absolute Gasteiger partial charge is 0.496 e. The van der Waals surface area contributed by atoms with E-state index in [1.807, 2.05) is 30.9 Å². The molecule has 1 aliphatic rings. The van der Waals surface area contributed by atoms with Crippen molar-refractivity contribution in [1.82, 2.24) is 24.3 Å². The first kappa shape index (κ1) is 27.1. The molecule has 0 aliphatic carbocycles. The van der Waals surface area contributed by atoms with Crippen molar-refractivity contribution in [2.75, 3.05) is 59.3 Å². The Morgan fingerprint density at radius 1 is 1.08 bits per heavy atom. The van der Waals surface area contributed by atoms with Gasteiger partial charge >= 0.3 is 0 Å². The Morgan fingerprint density at radius 3 is 2.32 bits per heavy atom. The number of benzene rings is 1. The smallest absolute Gasteiger partial charge is 0.260 e. The molecule has 10 heteroatoms. The van der Waals surface area contributed by atoms with Crippen LogP contribution in [0.15, 0.2) is 35.8 Å². The van der Waals surface area contributed by atoms with E-state index in [2.05, 4.69) is 26.8 Å². The van der Waals surface area contributed by atoms with Gasteiger partial charge in [0, 0.05) is 68.5 Å². The highest BCUT2D eigenvalue weighted by Gasteiger charge is 2.22. The lowest BCUT2D eigenvalue weighted by Gasteiger charge is -2.34. The third kappa shape index (κ3) is 5.22. The van der Waals surface area contributed by atoms with Crippen molar-refractivity contribution >= 4 is 22.9 Å². The number of hydrogen-bond acceptors (Lipinski definition) is 8. The van der Waals surface area contributed by atoms with Gasteiger partial charge in [0.25, 0.3) is 5.56 Å². The van der Waals surface area contributed by atoms with E-state index in [0.717, 1.165) is 48.1 Å². The molecule has 38 heavy (non-hydrogen) atoms. The molecule has 3 aromatic rings. The van der Waals surface area contributed by atoms with E-state index in [0.29, 0.717) is 48.3 Å². The summed E-state index contributed by atoms with van der Waals surface area (Å²) in [6.45, 7) is 11.7. The molecule has 1 aliphatic heterocycles. The normalized spacial score (nSPS) is 14.0. The summed E-state index contributed by atoms with van der Waals surface area (Å²) < 4.78 is 12.9. The number of pyridine rings is 1. The summed E-state index contributed by atoms with van der Waals surface area (Å²) in [7, 11) is 4.98. The Kier molecular flexibility index (Phi) is 8.31. The highest BCUT2D eigenvalue weighted by Crippen LogP contribution is 2.38. The fourth-order valence-electron chi connectivity index (χ4n) is 5.13. The van der Waals surface area contributed by atoms with Crippen LogP contribution in [-0.2, 0) is 11.3 Å². The van der Waals surface area contributed by atoms with Crippen LogP contribution >= 0.6 is 0 Å². The average molecular weight is 521 g/mol. The molecule has 0 spiro atoms. The van der Waals surface area contributed by atoms with Gasteiger partial charge in [-0.1, -0.05) is 6.58 Å². The van der Waals surface area contributed by atoms with Crippen molar-refractivity contribution < 1.29 is 14.3 Å². The second-order valence-electron chi connectivity index (χ2n) is 9.37. The van der Waals surface area contributed by atoms with Gasteiger partial charge in [-0.3, -0.25) is 19.1 Å². The van der Waals surface area contributed by atoms with E-state index in [4.69, 9.17) is 9.47 Å². The summed E-state index contributed by atoms with van der Waals surface area (Å²) >= 11 is 0. The summed E-state index contributed by atoms with van der Waals surface area (Å²) in [5, 5.41) is 3.74. The van der Waals surface area contributed by atoms with E-state index < -0.39 is 0 Å². The second-order valence-corrected chi connectivity index (χ2v) is 9.37. The van der Waals surface area contributed by atoms with Crippen LogP contribution < -0.4 is 20.3 Å². The molecule has 1 N–H and O–H groups in total. The number of aryl methyl sites for hydroxylation is 1. The molecule has 3 heterocycles. The Labute approximate surface area is 222 Å². The summed E-state index contributed by atoms with van der Waals surface area (Å²) in [6.07, 6.45) is 3.86. The SMILES string of the molecule is C=CC(=O)N1CCN(CCCn2c(=O)c(-c3c(C)c(OC)cc(OC)c3C)cc3cnc(NC)nc32)CC1. The van der Waals surface area contributed by atoms with Gasteiger partial charge < -0.3 is 19.7 Å². The minimum atomic E-state index is -0.124. The average Bonchev–Trinajstić information content (AvgIpc) is 2.94. The van der Waals surface area contributed by atoms with Crippen molar-refractivity contribution in [3.8, 4) is 22.6 Å². The number of ether oxygens (including phenoxy) is 2. The number of piperazine rings is 1. The highest BCUT2D eigenvalue weighted by atomic mass is 16.5. The Bertz CT molecular complexity index is 1380. The predicted octanol–water partition coefficient (Wildman–Crippen LogP) is 2.85. The molecule has 0 atom stereocenters. The fourth-order valence-corrected chi connectivity index (χ4v) is 5.13. The quantitative estimate of drug-likeness (QED) is 0.430. The summed E-state index contributed by atoms with van der Waals surface area (Å²) in [4.78, 5) is 39.1. The molecule has 0 unspecified atom stereocenters. The fraction of sp³-hybridized carbons (Fsp3) is 0.429. The minimum absolute atomic E-state index is 0.0285. The van der Waals surface area contributed by atoms with Crippen LogP contribution in [0.25, 0.3) is 22.2 Å². The maximum Gasteiger partial charge on any atom is 0.260 e. The van der Waals surface area contributed by atoms with E-state index in [1.165, 1.54) is 6.08 Å². The monoisotopic (exact) mass is 520 g/mol. The lowest BCUT2D eigenvalue weighted by Crippen LogP contribution is -2.48. The van der Waals surface area contributed by atoms with Crippen molar-refractivity contribution in [2.45, 2.75) is 26.8 Å².